The molecule has 2 aromatic heterocycles. The third-order valence-electron chi connectivity index (χ3n) is 2.74. The lowest BCUT2D eigenvalue weighted by atomic mass is 10.4. The molecule has 2 rings (SSSR count). The van der Waals surface area contributed by atoms with Crippen LogP contribution in [-0.4, -0.2) is 32.0 Å². The summed E-state index contributed by atoms with van der Waals surface area (Å²) in [6.45, 7) is 5.60. The Bertz CT molecular complexity index is 543. The molecule has 1 amide bonds. The van der Waals surface area contributed by atoms with Crippen LogP contribution in [-0.2, 0) is 17.9 Å². The van der Waals surface area contributed by atoms with Gasteiger partial charge in [-0.05, 0) is 32.4 Å². The van der Waals surface area contributed by atoms with Gasteiger partial charge in [0.05, 0.1) is 11.4 Å². The summed E-state index contributed by atoms with van der Waals surface area (Å²) in [5, 5.41) is 11.3. The van der Waals surface area contributed by atoms with Gasteiger partial charge in [-0.25, -0.2) is 0 Å². The highest BCUT2D eigenvalue weighted by atomic mass is 16.2. The minimum atomic E-state index is -0.0141. The van der Waals surface area contributed by atoms with E-state index < -0.39 is 0 Å². The number of amides is 1. The molecule has 1 N–H and O–H groups in total. The summed E-state index contributed by atoms with van der Waals surface area (Å²) in [6, 6.07) is 3.85. The Hall–Kier alpha value is -2.11. The molecule has 2 heterocycles. The van der Waals surface area contributed by atoms with Crippen molar-refractivity contribution in [3.8, 4) is 0 Å². The van der Waals surface area contributed by atoms with Crippen molar-refractivity contribution >= 4 is 5.91 Å². The SMILES string of the molecule is Cc1ccn(CCCNC(=O)Cn2ccc(C)n2)n1. The Morgan fingerprint density at radius 1 is 1.16 bits per heavy atom. The first-order valence-corrected chi connectivity index (χ1v) is 6.40. The molecule has 0 atom stereocenters. The molecule has 0 aromatic carbocycles. The van der Waals surface area contributed by atoms with Crippen molar-refractivity contribution < 1.29 is 4.79 Å². The Morgan fingerprint density at radius 2 is 1.79 bits per heavy atom. The summed E-state index contributed by atoms with van der Waals surface area (Å²) < 4.78 is 3.53. The van der Waals surface area contributed by atoms with Crippen LogP contribution in [0.3, 0.4) is 0 Å². The number of carbonyl (C=O) groups excluding carboxylic acids is 1. The van der Waals surface area contributed by atoms with Gasteiger partial charge in [-0.2, -0.15) is 10.2 Å². The van der Waals surface area contributed by atoms with Gasteiger partial charge in [-0.3, -0.25) is 14.2 Å². The number of carbonyl (C=O) groups is 1. The van der Waals surface area contributed by atoms with Crippen LogP contribution in [0.2, 0.25) is 0 Å². The van der Waals surface area contributed by atoms with Crippen LogP contribution in [0.25, 0.3) is 0 Å². The monoisotopic (exact) mass is 261 g/mol. The summed E-state index contributed by atoms with van der Waals surface area (Å²) in [4.78, 5) is 11.6. The Labute approximate surface area is 112 Å². The van der Waals surface area contributed by atoms with Crippen molar-refractivity contribution in [1.82, 2.24) is 24.9 Å². The molecule has 6 heteroatoms. The maximum Gasteiger partial charge on any atom is 0.241 e. The van der Waals surface area contributed by atoms with E-state index >= 15 is 0 Å². The van der Waals surface area contributed by atoms with Crippen molar-refractivity contribution in [2.45, 2.75) is 33.4 Å². The van der Waals surface area contributed by atoms with Crippen molar-refractivity contribution in [2.24, 2.45) is 0 Å². The minimum absolute atomic E-state index is 0.0141. The summed E-state index contributed by atoms with van der Waals surface area (Å²) in [5.74, 6) is -0.0141. The fourth-order valence-corrected chi connectivity index (χ4v) is 1.81. The molecular formula is C13H19N5O. The number of hydrogen-bond donors (Lipinski definition) is 1. The Kier molecular flexibility index (Phi) is 4.33. The first-order chi connectivity index (χ1) is 9.13. The Balaban J connectivity index is 1.64. The van der Waals surface area contributed by atoms with Gasteiger partial charge in [0.15, 0.2) is 0 Å². The highest BCUT2D eigenvalue weighted by Gasteiger charge is 2.03. The van der Waals surface area contributed by atoms with Crippen LogP contribution >= 0.6 is 0 Å². The lowest BCUT2D eigenvalue weighted by Gasteiger charge is -2.05. The fraction of sp³-hybridized carbons (Fsp3) is 0.462. The third kappa shape index (κ3) is 4.24. The first-order valence-electron chi connectivity index (χ1n) is 6.40. The van der Waals surface area contributed by atoms with Gasteiger partial charge in [-0.1, -0.05) is 0 Å². The zero-order valence-electron chi connectivity index (χ0n) is 11.3. The van der Waals surface area contributed by atoms with Crippen LogP contribution in [0.5, 0.6) is 0 Å². The summed E-state index contributed by atoms with van der Waals surface area (Å²) in [5.41, 5.74) is 1.93. The molecule has 0 fully saturated rings. The molecule has 0 saturated heterocycles. The van der Waals surface area contributed by atoms with Gasteiger partial charge in [0.2, 0.25) is 5.91 Å². The van der Waals surface area contributed by atoms with Crippen molar-refractivity contribution in [3.63, 3.8) is 0 Å². The van der Waals surface area contributed by atoms with E-state index in [1.165, 1.54) is 0 Å². The van der Waals surface area contributed by atoms with E-state index in [9.17, 15) is 4.79 Å². The molecule has 0 spiro atoms. The van der Waals surface area contributed by atoms with E-state index in [1.807, 2.05) is 36.9 Å². The number of hydrogen-bond acceptors (Lipinski definition) is 3. The van der Waals surface area contributed by atoms with E-state index in [-0.39, 0.29) is 12.5 Å². The first kappa shape index (κ1) is 13.3. The van der Waals surface area contributed by atoms with Crippen molar-refractivity contribution in [2.75, 3.05) is 6.54 Å². The molecule has 0 aliphatic heterocycles. The number of aryl methyl sites for hydroxylation is 3. The smallest absolute Gasteiger partial charge is 0.241 e. The summed E-state index contributed by atoms with van der Waals surface area (Å²) >= 11 is 0. The predicted molar refractivity (Wildman–Crippen MR) is 71.6 cm³/mol. The second-order valence-corrected chi connectivity index (χ2v) is 4.58. The van der Waals surface area contributed by atoms with Crippen molar-refractivity contribution in [3.05, 3.63) is 35.9 Å². The average Bonchev–Trinajstić information content (AvgIpc) is 2.94. The van der Waals surface area contributed by atoms with Gasteiger partial charge in [-0.15, -0.1) is 0 Å². The van der Waals surface area contributed by atoms with E-state index in [4.69, 9.17) is 0 Å². The van der Waals surface area contributed by atoms with E-state index in [0.717, 1.165) is 24.4 Å². The van der Waals surface area contributed by atoms with E-state index in [2.05, 4.69) is 15.5 Å². The normalized spacial score (nSPS) is 10.6. The summed E-state index contributed by atoms with van der Waals surface area (Å²) in [6.07, 6.45) is 4.62. The minimum Gasteiger partial charge on any atom is -0.354 e. The number of nitrogens with one attached hydrogen (secondary N) is 1. The molecule has 0 aliphatic rings. The zero-order valence-corrected chi connectivity index (χ0v) is 11.3. The van der Waals surface area contributed by atoms with Gasteiger partial charge in [0, 0.05) is 25.5 Å². The molecule has 6 nitrogen and oxygen atoms in total. The largest absolute Gasteiger partial charge is 0.354 e. The maximum absolute atomic E-state index is 11.6. The lowest BCUT2D eigenvalue weighted by Crippen LogP contribution is -2.29. The lowest BCUT2D eigenvalue weighted by molar-refractivity contribution is -0.121. The van der Waals surface area contributed by atoms with Crippen LogP contribution in [0, 0.1) is 13.8 Å². The highest BCUT2D eigenvalue weighted by molar-refractivity contribution is 5.75. The van der Waals surface area contributed by atoms with Crippen LogP contribution in [0.1, 0.15) is 17.8 Å². The van der Waals surface area contributed by atoms with Crippen molar-refractivity contribution in [1.29, 1.82) is 0 Å². The molecule has 0 bridgehead atoms. The van der Waals surface area contributed by atoms with E-state index in [1.54, 1.807) is 10.9 Å². The molecular weight excluding hydrogens is 242 g/mol. The molecule has 19 heavy (non-hydrogen) atoms. The molecule has 0 unspecified atom stereocenters. The second kappa shape index (κ2) is 6.17. The van der Waals surface area contributed by atoms with Crippen LogP contribution < -0.4 is 5.32 Å². The van der Waals surface area contributed by atoms with Gasteiger partial charge < -0.3 is 5.32 Å². The van der Waals surface area contributed by atoms with Crippen LogP contribution in [0.15, 0.2) is 24.5 Å². The summed E-state index contributed by atoms with van der Waals surface area (Å²) in [7, 11) is 0. The average molecular weight is 261 g/mol. The van der Waals surface area contributed by atoms with Gasteiger partial charge in [0.1, 0.15) is 6.54 Å². The van der Waals surface area contributed by atoms with Gasteiger partial charge in [0.25, 0.3) is 0 Å². The Morgan fingerprint density at radius 3 is 2.37 bits per heavy atom. The quantitative estimate of drug-likeness (QED) is 0.786. The number of rotatable bonds is 6. The van der Waals surface area contributed by atoms with Crippen LogP contribution in [0.4, 0.5) is 0 Å². The van der Waals surface area contributed by atoms with E-state index in [0.29, 0.717) is 6.54 Å². The molecule has 2 aromatic rings. The predicted octanol–water partition coefficient (Wildman–Crippen LogP) is 0.903. The standard InChI is InChI=1S/C13H19N5O/c1-11-4-8-17(15-11)7-3-6-14-13(19)10-18-9-5-12(2)16-18/h4-5,8-9H,3,6-7,10H2,1-2H3,(H,14,19). The van der Waals surface area contributed by atoms with Gasteiger partial charge >= 0.3 is 0 Å². The highest BCUT2D eigenvalue weighted by Crippen LogP contribution is 1.94. The topological polar surface area (TPSA) is 64.7 Å². The maximum atomic E-state index is 11.6. The molecule has 0 aliphatic carbocycles. The fourth-order valence-electron chi connectivity index (χ4n) is 1.81. The zero-order chi connectivity index (χ0) is 13.7. The number of nitrogens with zero attached hydrogens (tertiary/aromatic N) is 4. The molecule has 0 saturated carbocycles. The molecule has 0 radical (unpaired) electrons. The second-order valence-electron chi connectivity index (χ2n) is 4.58. The third-order valence-corrected chi connectivity index (χ3v) is 2.74. The molecule has 102 valence electrons. The number of aromatic nitrogens is 4.